The van der Waals surface area contributed by atoms with Gasteiger partial charge in [-0.15, -0.1) is 0 Å². The van der Waals surface area contributed by atoms with E-state index >= 15 is 0 Å². The lowest BCUT2D eigenvalue weighted by Gasteiger charge is -2.17. The highest BCUT2D eigenvalue weighted by Gasteiger charge is 2.32. The maximum absolute atomic E-state index is 13.9. The first-order chi connectivity index (χ1) is 9.49. The maximum atomic E-state index is 13.9. The SMILES string of the molecule is OB(O)c1cccc(OCC(F)(F)c2ccccc2)c1. The van der Waals surface area contributed by atoms with Gasteiger partial charge in [0, 0.05) is 5.56 Å². The fraction of sp³-hybridized carbons (Fsp3) is 0.143. The van der Waals surface area contributed by atoms with Gasteiger partial charge >= 0.3 is 13.0 Å². The molecule has 0 aromatic heterocycles. The number of halogens is 2. The van der Waals surface area contributed by atoms with E-state index in [1.165, 1.54) is 48.5 Å². The van der Waals surface area contributed by atoms with Crippen LogP contribution >= 0.6 is 0 Å². The van der Waals surface area contributed by atoms with Gasteiger partial charge in [0.15, 0.2) is 6.61 Å². The lowest BCUT2D eigenvalue weighted by Crippen LogP contribution is -2.30. The van der Waals surface area contributed by atoms with Crippen molar-refractivity contribution in [2.24, 2.45) is 0 Å². The largest absolute Gasteiger partial charge is 0.488 e. The Hall–Kier alpha value is -1.92. The summed E-state index contributed by atoms with van der Waals surface area (Å²) in [5, 5.41) is 18.0. The molecule has 0 aliphatic heterocycles. The predicted molar refractivity (Wildman–Crippen MR) is 72.1 cm³/mol. The van der Waals surface area contributed by atoms with E-state index in [1.54, 1.807) is 6.07 Å². The van der Waals surface area contributed by atoms with Crippen LogP contribution in [0.1, 0.15) is 5.56 Å². The van der Waals surface area contributed by atoms with Gasteiger partial charge in [-0.25, -0.2) is 0 Å². The zero-order chi connectivity index (χ0) is 14.6. The smallest absolute Gasteiger partial charge is 0.487 e. The summed E-state index contributed by atoms with van der Waals surface area (Å²) < 4.78 is 32.8. The van der Waals surface area contributed by atoms with E-state index in [4.69, 9.17) is 14.8 Å². The van der Waals surface area contributed by atoms with E-state index in [0.717, 1.165) is 0 Å². The van der Waals surface area contributed by atoms with Crippen molar-refractivity contribution in [3.05, 3.63) is 60.2 Å². The average Bonchev–Trinajstić information content (AvgIpc) is 2.46. The van der Waals surface area contributed by atoms with Crippen LogP contribution in [0.25, 0.3) is 0 Å². The molecule has 2 aromatic rings. The van der Waals surface area contributed by atoms with Crippen molar-refractivity contribution >= 4 is 12.6 Å². The first kappa shape index (κ1) is 14.5. The monoisotopic (exact) mass is 278 g/mol. The molecule has 6 heteroatoms. The average molecular weight is 278 g/mol. The molecule has 0 spiro atoms. The third-order valence-electron chi connectivity index (χ3n) is 2.77. The van der Waals surface area contributed by atoms with Crippen LogP contribution in [0.3, 0.4) is 0 Å². The Kier molecular flexibility index (Phi) is 4.37. The van der Waals surface area contributed by atoms with E-state index in [1.807, 2.05) is 0 Å². The minimum atomic E-state index is -3.12. The Bertz CT molecular complexity index is 561. The topological polar surface area (TPSA) is 49.7 Å². The molecule has 20 heavy (non-hydrogen) atoms. The number of ether oxygens (including phenoxy) is 1. The summed E-state index contributed by atoms with van der Waals surface area (Å²) in [5.74, 6) is -2.96. The van der Waals surface area contributed by atoms with Crippen molar-refractivity contribution in [3.8, 4) is 5.75 Å². The molecular weight excluding hydrogens is 265 g/mol. The molecule has 3 nitrogen and oxygen atoms in total. The molecule has 0 saturated carbocycles. The molecule has 0 aliphatic carbocycles. The summed E-state index contributed by atoms with van der Waals surface area (Å²) in [5.41, 5.74) is 0.0591. The number of hydrogen-bond donors (Lipinski definition) is 2. The van der Waals surface area contributed by atoms with Gasteiger partial charge in [-0.3, -0.25) is 0 Å². The Morgan fingerprint density at radius 3 is 2.35 bits per heavy atom. The summed E-state index contributed by atoms with van der Waals surface area (Å²) >= 11 is 0. The zero-order valence-electron chi connectivity index (χ0n) is 10.5. The normalized spacial score (nSPS) is 11.2. The van der Waals surface area contributed by atoms with E-state index in [-0.39, 0.29) is 16.8 Å². The minimum absolute atomic E-state index is 0.127. The molecule has 0 radical (unpaired) electrons. The molecule has 2 aromatic carbocycles. The van der Waals surface area contributed by atoms with Crippen molar-refractivity contribution < 1.29 is 23.6 Å². The van der Waals surface area contributed by atoms with Crippen LogP contribution < -0.4 is 10.2 Å². The molecule has 0 fully saturated rings. The van der Waals surface area contributed by atoms with E-state index in [0.29, 0.717) is 0 Å². The van der Waals surface area contributed by atoms with Gasteiger partial charge in [0.25, 0.3) is 0 Å². The van der Waals surface area contributed by atoms with Crippen molar-refractivity contribution in [1.82, 2.24) is 0 Å². The summed E-state index contributed by atoms with van der Waals surface area (Å²) in [6.07, 6.45) is 0. The third-order valence-corrected chi connectivity index (χ3v) is 2.77. The van der Waals surface area contributed by atoms with Gasteiger partial charge in [0.05, 0.1) is 0 Å². The molecule has 0 saturated heterocycles. The molecule has 2 N–H and O–H groups in total. The Morgan fingerprint density at radius 1 is 1.00 bits per heavy atom. The Labute approximate surface area is 115 Å². The fourth-order valence-electron chi connectivity index (χ4n) is 1.70. The maximum Gasteiger partial charge on any atom is 0.488 e. The van der Waals surface area contributed by atoms with Crippen LogP contribution in [-0.4, -0.2) is 23.8 Å². The highest BCUT2D eigenvalue weighted by Crippen LogP contribution is 2.28. The Morgan fingerprint density at radius 2 is 1.70 bits per heavy atom. The number of hydrogen-bond acceptors (Lipinski definition) is 3. The number of benzene rings is 2. The second-order valence-electron chi connectivity index (χ2n) is 4.31. The molecular formula is C14H13BF2O3. The van der Waals surface area contributed by atoms with E-state index in [9.17, 15) is 8.78 Å². The van der Waals surface area contributed by atoms with Crippen LogP contribution in [0.4, 0.5) is 8.78 Å². The third kappa shape index (κ3) is 3.56. The predicted octanol–water partition coefficient (Wildman–Crippen LogP) is 1.54. The molecule has 2 rings (SSSR count). The van der Waals surface area contributed by atoms with E-state index < -0.39 is 19.6 Å². The van der Waals surface area contributed by atoms with Crippen LogP contribution in [0, 0.1) is 0 Å². The highest BCUT2D eigenvalue weighted by atomic mass is 19.3. The van der Waals surface area contributed by atoms with Crippen molar-refractivity contribution in [1.29, 1.82) is 0 Å². The van der Waals surface area contributed by atoms with Gasteiger partial charge in [0.2, 0.25) is 0 Å². The second kappa shape index (κ2) is 6.03. The molecule has 104 valence electrons. The van der Waals surface area contributed by atoms with Crippen LogP contribution in [0.2, 0.25) is 0 Å². The van der Waals surface area contributed by atoms with Gasteiger partial charge in [-0.2, -0.15) is 8.78 Å². The quantitative estimate of drug-likeness (QED) is 0.816. The van der Waals surface area contributed by atoms with Crippen molar-refractivity contribution in [3.63, 3.8) is 0 Å². The first-order valence-electron chi connectivity index (χ1n) is 6.01. The van der Waals surface area contributed by atoms with Gasteiger partial charge in [0.1, 0.15) is 5.75 Å². The standard InChI is InChI=1S/C14H13BF2O3/c16-14(17,11-5-2-1-3-6-11)10-20-13-8-4-7-12(9-13)15(18)19/h1-9,18-19H,10H2. The van der Waals surface area contributed by atoms with E-state index in [2.05, 4.69) is 0 Å². The van der Waals surface area contributed by atoms with Gasteiger partial charge < -0.3 is 14.8 Å². The lowest BCUT2D eigenvalue weighted by atomic mass is 9.80. The lowest BCUT2D eigenvalue weighted by molar-refractivity contribution is -0.0467. The highest BCUT2D eigenvalue weighted by molar-refractivity contribution is 6.58. The number of alkyl halides is 2. The summed E-state index contributed by atoms with van der Waals surface area (Å²) in [4.78, 5) is 0. The van der Waals surface area contributed by atoms with Crippen molar-refractivity contribution in [2.75, 3.05) is 6.61 Å². The molecule has 0 amide bonds. The molecule has 0 bridgehead atoms. The summed E-state index contributed by atoms with van der Waals surface area (Å²) in [6, 6.07) is 13.1. The molecule has 0 unspecified atom stereocenters. The Balaban J connectivity index is 2.06. The minimum Gasteiger partial charge on any atom is -0.487 e. The molecule has 0 aliphatic rings. The van der Waals surface area contributed by atoms with Gasteiger partial charge in [-0.05, 0) is 17.6 Å². The number of rotatable bonds is 5. The molecule has 0 atom stereocenters. The van der Waals surface area contributed by atoms with Crippen molar-refractivity contribution in [2.45, 2.75) is 5.92 Å². The first-order valence-corrected chi connectivity index (χ1v) is 6.01. The van der Waals surface area contributed by atoms with Crippen LogP contribution in [0.5, 0.6) is 5.75 Å². The summed E-state index contributed by atoms with van der Waals surface area (Å²) in [6.45, 7) is -0.817. The van der Waals surface area contributed by atoms with Crippen LogP contribution in [0.15, 0.2) is 54.6 Å². The van der Waals surface area contributed by atoms with Crippen LogP contribution in [-0.2, 0) is 5.92 Å². The summed E-state index contributed by atoms with van der Waals surface area (Å²) in [7, 11) is -1.66. The fourth-order valence-corrected chi connectivity index (χ4v) is 1.70. The second-order valence-corrected chi connectivity index (χ2v) is 4.31. The zero-order valence-corrected chi connectivity index (χ0v) is 10.5. The van der Waals surface area contributed by atoms with Gasteiger partial charge in [-0.1, -0.05) is 42.5 Å². The molecule has 0 heterocycles.